The Hall–Kier alpha value is -1.69. The van der Waals surface area contributed by atoms with Crippen LogP contribution >= 0.6 is 22.9 Å². The first kappa shape index (κ1) is 12.3. The molecule has 0 unspecified atom stereocenters. The average molecular weight is 292 g/mol. The first-order valence-electron chi connectivity index (χ1n) is 5.62. The molecule has 4 nitrogen and oxygen atoms in total. The van der Waals surface area contributed by atoms with Crippen molar-refractivity contribution in [1.82, 2.24) is 9.97 Å². The van der Waals surface area contributed by atoms with E-state index in [-0.39, 0.29) is 0 Å². The number of nitrogens with zero attached hydrogens (tertiary/aromatic N) is 2. The summed E-state index contributed by atoms with van der Waals surface area (Å²) in [7, 11) is 0. The number of aromatic nitrogens is 2. The molecule has 0 radical (unpaired) electrons. The molecular weight excluding hydrogens is 282 g/mol. The number of rotatable bonds is 3. The third kappa shape index (κ3) is 2.40. The van der Waals surface area contributed by atoms with E-state index in [2.05, 4.69) is 9.97 Å². The summed E-state index contributed by atoms with van der Waals surface area (Å²) in [4.78, 5) is 9.21. The molecule has 2 heterocycles. The van der Waals surface area contributed by atoms with Crippen LogP contribution in [0.5, 0.6) is 11.6 Å². The molecular formula is C13H10ClN3OS. The van der Waals surface area contributed by atoms with Crippen LogP contribution in [0.15, 0.2) is 36.0 Å². The molecule has 0 aliphatic heterocycles. The molecule has 0 atom stereocenters. The summed E-state index contributed by atoms with van der Waals surface area (Å²) in [6, 6.07) is 7.40. The van der Waals surface area contributed by atoms with E-state index in [1.807, 2.05) is 17.5 Å². The Bertz CT molecular complexity index is 729. The number of halogens is 1. The van der Waals surface area contributed by atoms with Gasteiger partial charge in [-0.1, -0.05) is 17.7 Å². The Kier molecular flexibility index (Phi) is 3.33. The van der Waals surface area contributed by atoms with Crippen molar-refractivity contribution < 1.29 is 4.74 Å². The molecule has 0 aliphatic carbocycles. The van der Waals surface area contributed by atoms with Gasteiger partial charge in [0.05, 0.1) is 10.4 Å². The second kappa shape index (κ2) is 5.13. The smallest absolute Gasteiger partial charge is 0.231 e. The average Bonchev–Trinajstić information content (AvgIpc) is 2.90. The molecule has 3 aromatic rings. The van der Waals surface area contributed by atoms with Gasteiger partial charge in [0, 0.05) is 6.54 Å². The molecule has 6 heteroatoms. The van der Waals surface area contributed by atoms with Crippen LogP contribution < -0.4 is 10.5 Å². The lowest BCUT2D eigenvalue weighted by atomic mass is 10.2. The van der Waals surface area contributed by atoms with E-state index in [0.717, 1.165) is 15.8 Å². The maximum absolute atomic E-state index is 6.16. The summed E-state index contributed by atoms with van der Waals surface area (Å²) in [5.41, 5.74) is 6.52. The second-order valence-corrected chi connectivity index (χ2v) is 5.19. The second-order valence-electron chi connectivity index (χ2n) is 3.89. The molecule has 0 saturated carbocycles. The SMILES string of the molecule is NCc1ccc(Oc2ncnc3sccc23)c(Cl)c1. The Morgan fingerprint density at radius 3 is 2.95 bits per heavy atom. The third-order valence-electron chi connectivity index (χ3n) is 2.66. The maximum atomic E-state index is 6.16. The van der Waals surface area contributed by atoms with Gasteiger partial charge in [-0.25, -0.2) is 9.97 Å². The number of nitrogens with two attached hydrogens (primary N) is 1. The van der Waals surface area contributed by atoms with Crippen molar-refractivity contribution in [2.75, 3.05) is 0 Å². The number of hydrogen-bond donors (Lipinski definition) is 1. The van der Waals surface area contributed by atoms with E-state index in [9.17, 15) is 0 Å². The molecule has 0 aliphatic rings. The summed E-state index contributed by atoms with van der Waals surface area (Å²) < 4.78 is 5.76. The molecule has 0 amide bonds. The molecule has 2 N–H and O–H groups in total. The van der Waals surface area contributed by atoms with E-state index >= 15 is 0 Å². The zero-order valence-electron chi connectivity index (χ0n) is 9.84. The van der Waals surface area contributed by atoms with Gasteiger partial charge in [0.15, 0.2) is 0 Å². The van der Waals surface area contributed by atoms with Gasteiger partial charge >= 0.3 is 0 Å². The lowest BCUT2D eigenvalue weighted by Gasteiger charge is -2.08. The van der Waals surface area contributed by atoms with E-state index in [1.165, 1.54) is 6.33 Å². The van der Waals surface area contributed by atoms with Crippen LogP contribution in [-0.2, 0) is 6.54 Å². The van der Waals surface area contributed by atoms with Crippen molar-refractivity contribution in [2.24, 2.45) is 5.73 Å². The molecule has 0 saturated heterocycles. The third-order valence-corrected chi connectivity index (χ3v) is 3.78. The summed E-state index contributed by atoms with van der Waals surface area (Å²) in [6.07, 6.45) is 1.48. The lowest BCUT2D eigenvalue weighted by molar-refractivity contribution is 0.468. The fourth-order valence-electron chi connectivity index (χ4n) is 1.71. The van der Waals surface area contributed by atoms with Gasteiger partial charge in [0.2, 0.25) is 5.88 Å². The largest absolute Gasteiger partial charge is 0.437 e. The van der Waals surface area contributed by atoms with Crippen LogP contribution in [0.25, 0.3) is 10.2 Å². The van der Waals surface area contributed by atoms with Crippen molar-refractivity contribution in [3.8, 4) is 11.6 Å². The van der Waals surface area contributed by atoms with Crippen molar-refractivity contribution in [3.63, 3.8) is 0 Å². The molecule has 0 spiro atoms. The lowest BCUT2D eigenvalue weighted by Crippen LogP contribution is -1.96. The summed E-state index contributed by atoms with van der Waals surface area (Å²) in [5, 5.41) is 3.35. The molecule has 0 bridgehead atoms. The predicted octanol–water partition coefficient (Wildman–Crippen LogP) is 3.60. The van der Waals surface area contributed by atoms with E-state index < -0.39 is 0 Å². The fourth-order valence-corrected chi connectivity index (χ4v) is 2.67. The number of ether oxygens (including phenoxy) is 1. The zero-order valence-corrected chi connectivity index (χ0v) is 11.4. The topological polar surface area (TPSA) is 61.0 Å². The number of fused-ring (bicyclic) bond motifs is 1. The van der Waals surface area contributed by atoms with Gasteiger partial charge in [-0.05, 0) is 29.1 Å². The first-order chi connectivity index (χ1) is 9.28. The van der Waals surface area contributed by atoms with Crippen LogP contribution in [0.4, 0.5) is 0 Å². The van der Waals surface area contributed by atoms with Crippen LogP contribution in [0, 0.1) is 0 Å². The number of hydrogen-bond acceptors (Lipinski definition) is 5. The van der Waals surface area contributed by atoms with Crippen LogP contribution in [-0.4, -0.2) is 9.97 Å². The van der Waals surface area contributed by atoms with Crippen LogP contribution in [0.1, 0.15) is 5.56 Å². The predicted molar refractivity (Wildman–Crippen MR) is 76.8 cm³/mol. The highest BCUT2D eigenvalue weighted by Gasteiger charge is 2.09. The van der Waals surface area contributed by atoms with Gasteiger partial charge in [-0.3, -0.25) is 0 Å². The highest BCUT2D eigenvalue weighted by Crippen LogP contribution is 2.33. The number of thiophene rings is 1. The standard InChI is InChI=1S/C13H10ClN3OS/c14-10-5-8(6-15)1-2-11(10)18-12-9-3-4-19-13(9)17-7-16-12/h1-5,7H,6,15H2. The molecule has 0 fully saturated rings. The number of benzene rings is 1. The first-order valence-corrected chi connectivity index (χ1v) is 6.88. The zero-order chi connectivity index (χ0) is 13.2. The molecule has 96 valence electrons. The summed E-state index contributed by atoms with van der Waals surface area (Å²) in [5.74, 6) is 1.07. The van der Waals surface area contributed by atoms with Gasteiger partial charge in [0.25, 0.3) is 0 Å². The normalized spacial score (nSPS) is 10.8. The Labute approximate surface area is 118 Å². The Morgan fingerprint density at radius 2 is 2.16 bits per heavy atom. The van der Waals surface area contributed by atoms with Crippen molar-refractivity contribution >= 4 is 33.2 Å². The maximum Gasteiger partial charge on any atom is 0.231 e. The molecule has 3 rings (SSSR count). The minimum atomic E-state index is 0.447. The van der Waals surface area contributed by atoms with Gasteiger partial charge in [0.1, 0.15) is 16.9 Å². The van der Waals surface area contributed by atoms with Crippen molar-refractivity contribution in [1.29, 1.82) is 0 Å². The fraction of sp³-hybridized carbons (Fsp3) is 0.0769. The Balaban J connectivity index is 1.99. The molecule has 2 aromatic heterocycles. The van der Waals surface area contributed by atoms with E-state index in [0.29, 0.717) is 23.2 Å². The van der Waals surface area contributed by atoms with Gasteiger partial charge < -0.3 is 10.5 Å². The highest BCUT2D eigenvalue weighted by molar-refractivity contribution is 7.16. The van der Waals surface area contributed by atoms with Gasteiger partial charge in [-0.2, -0.15) is 0 Å². The molecule has 19 heavy (non-hydrogen) atoms. The van der Waals surface area contributed by atoms with E-state index in [4.69, 9.17) is 22.1 Å². The van der Waals surface area contributed by atoms with E-state index in [1.54, 1.807) is 23.5 Å². The minimum absolute atomic E-state index is 0.447. The monoisotopic (exact) mass is 291 g/mol. The summed E-state index contributed by atoms with van der Waals surface area (Å²) in [6.45, 7) is 0.447. The Morgan fingerprint density at radius 1 is 1.26 bits per heavy atom. The van der Waals surface area contributed by atoms with Crippen LogP contribution in [0.3, 0.4) is 0 Å². The molecule has 1 aromatic carbocycles. The quantitative estimate of drug-likeness (QED) is 0.801. The van der Waals surface area contributed by atoms with Crippen molar-refractivity contribution in [2.45, 2.75) is 6.54 Å². The highest BCUT2D eigenvalue weighted by atomic mass is 35.5. The van der Waals surface area contributed by atoms with Crippen LogP contribution in [0.2, 0.25) is 5.02 Å². The van der Waals surface area contributed by atoms with Gasteiger partial charge in [-0.15, -0.1) is 11.3 Å². The van der Waals surface area contributed by atoms with Crippen molar-refractivity contribution in [3.05, 3.63) is 46.6 Å². The summed E-state index contributed by atoms with van der Waals surface area (Å²) >= 11 is 7.70. The minimum Gasteiger partial charge on any atom is -0.437 e.